The zero-order chi connectivity index (χ0) is 19.3. The van der Waals surface area contributed by atoms with Crippen LogP contribution in [0.1, 0.15) is 63.9 Å². The van der Waals surface area contributed by atoms with Crippen LogP contribution in [0.4, 0.5) is 0 Å². The van der Waals surface area contributed by atoms with Crippen LogP contribution < -0.4 is 10.1 Å². The Kier molecular flexibility index (Phi) is 6.19. The van der Waals surface area contributed by atoms with Crippen LogP contribution >= 0.6 is 0 Å². The monoisotopic (exact) mass is 370 g/mol. The van der Waals surface area contributed by atoms with Crippen LogP contribution in [0.3, 0.4) is 0 Å². The van der Waals surface area contributed by atoms with Crippen LogP contribution in [-0.2, 0) is 16.1 Å². The maximum absolute atomic E-state index is 13.2. The van der Waals surface area contributed by atoms with Gasteiger partial charge < -0.3 is 15.0 Å². The van der Waals surface area contributed by atoms with E-state index in [1.807, 2.05) is 31.2 Å². The summed E-state index contributed by atoms with van der Waals surface area (Å²) in [4.78, 5) is 27.8. The first-order valence-electron chi connectivity index (χ1n) is 10.0. The molecule has 0 unspecified atom stereocenters. The average Bonchev–Trinajstić information content (AvgIpc) is 2.67. The number of methoxy groups -OCH3 is 1. The van der Waals surface area contributed by atoms with Crippen molar-refractivity contribution in [3.63, 3.8) is 0 Å². The summed E-state index contributed by atoms with van der Waals surface area (Å²) >= 11 is 0. The Morgan fingerprint density at radius 1 is 1.15 bits per heavy atom. The number of rotatable bonds is 7. The Balaban J connectivity index is 1.81. The average molecular weight is 370 g/mol. The third-order valence-corrected chi connectivity index (χ3v) is 5.79. The van der Waals surface area contributed by atoms with Gasteiger partial charge in [-0.2, -0.15) is 0 Å². The molecule has 146 valence electrons. The van der Waals surface area contributed by atoms with Gasteiger partial charge in [0.2, 0.25) is 11.8 Å². The Morgan fingerprint density at radius 3 is 2.41 bits per heavy atom. The third kappa shape index (κ3) is 4.18. The van der Waals surface area contributed by atoms with Crippen LogP contribution in [0.15, 0.2) is 36.0 Å². The number of benzene rings is 1. The zero-order valence-corrected chi connectivity index (χ0v) is 16.4. The molecule has 1 fully saturated rings. The van der Waals surface area contributed by atoms with Crippen molar-refractivity contribution < 1.29 is 14.3 Å². The number of hydrogen-bond donors (Lipinski definition) is 1. The molecule has 5 heteroatoms. The first-order valence-corrected chi connectivity index (χ1v) is 10.0. The van der Waals surface area contributed by atoms with E-state index >= 15 is 0 Å². The Bertz CT molecular complexity index is 705. The molecule has 27 heavy (non-hydrogen) atoms. The van der Waals surface area contributed by atoms with E-state index in [0.717, 1.165) is 55.5 Å². The molecule has 2 aliphatic carbocycles. The van der Waals surface area contributed by atoms with Gasteiger partial charge in [0.15, 0.2) is 0 Å². The zero-order valence-electron chi connectivity index (χ0n) is 16.4. The molecule has 0 atom stereocenters. The van der Waals surface area contributed by atoms with Crippen molar-refractivity contribution in [1.82, 2.24) is 10.2 Å². The molecular weight excluding hydrogens is 340 g/mol. The molecule has 1 aromatic rings. The molecule has 5 nitrogen and oxygen atoms in total. The number of amides is 2. The second-order valence-corrected chi connectivity index (χ2v) is 7.50. The van der Waals surface area contributed by atoms with E-state index in [4.69, 9.17) is 4.74 Å². The molecule has 0 saturated heterocycles. The maximum Gasteiger partial charge on any atom is 0.250 e. The highest BCUT2D eigenvalue weighted by Gasteiger charge is 2.50. The van der Waals surface area contributed by atoms with Crippen molar-refractivity contribution in [3.05, 3.63) is 41.6 Å². The molecule has 0 aromatic heterocycles. The fraction of sp³-hybridized carbons (Fsp3) is 0.545. The van der Waals surface area contributed by atoms with E-state index in [9.17, 15) is 9.59 Å². The van der Waals surface area contributed by atoms with Gasteiger partial charge in [0.25, 0.3) is 0 Å². The first-order chi connectivity index (χ1) is 13.1. The third-order valence-electron chi connectivity index (χ3n) is 5.79. The number of nitrogens with zero attached hydrogens (tertiary/aromatic N) is 1. The highest BCUT2D eigenvalue weighted by Crippen LogP contribution is 2.40. The van der Waals surface area contributed by atoms with Gasteiger partial charge in [-0.05, 0) is 62.6 Å². The van der Waals surface area contributed by atoms with Crippen molar-refractivity contribution in [2.45, 2.75) is 70.4 Å². The number of hydrogen-bond acceptors (Lipinski definition) is 3. The summed E-state index contributed by atoms with van der Waals surface area (Å²) in [6, 6.07) is 7.71. The van der Waals surface area contributed by atoms with Crippen LogP contribution in [0.25, 0.3) is 0 Å². The molecular formula is C22H30N2O3. The van der Waals surface area contributed by atoms with Gasteiger partial charge >= 0.3 is 0 Å². The molecule has 3 rings (SSSR count). The lowest BCUT2D eigenvalue weighted by Gasteiger charge is -2.49. The summed E-state index contributed by atoms with van der Waals surface area (Å²) in [6.45, 7) is 2.31. The minimum Gasteiger partial charge on any atom is -0.497 e. The number of allylic oxidation sites excluding steroid dienone is 2. The maximum atomic E-state index is 13.2. The van der Waals surface area contributed by atoms with Gasteiger partial charge in [-0.1, -0.05) is 25.1 Å². The Hall–Kier alpha value is -2.30. The fourth-order valence-electron chi connectivity index (χ4n) is 3.93. The second kappa shape index (κ2) is 8.59. The smallest absolute Gasteiger partial charge is 0.250 e. The lowest BCUT2D eigenvalue weighted by Crippen LogP contribution is -2.64. The van der Waals surface area contributed by atoms with E-state index in [0.29, 0.717) is 13.0 Å². The van der Waals surface area contributed by atoms with Gasteiger partial charge in [-0.15, -0.1) is 0 Å². The van der Waals surface area contributed by atoms with E-state index in [1.165, 1.54) is 6.42 Å². The lowest BCUT2D eigenvalue weighted by atomic mass is 9.73. The molecule has 1 saturated carbocycles. The molecule has 1 aromatic carbocycles. The molecule has 0 aliphatic heterocycles. The largest absolute Gasteiger partial charge is 0.497 e. The predicted molar refractivity (Wildman–Crippen MR) is 105 cm³/mol. The molecule has 0 bridgehead atoms. The van der Waals surface area contributed by atoms with Gasteiger partial charge in [-0.25, -0.2) is 0 Å². The van der Waals surface area contributed by atoms with Crippen molar-refractivity contribution in [2.75, 3.05) is 7.11 Å². The van der Waals surface area contributed by atoms with Crippen LogP contribution in [-0.4, -0.2) is 29.4 Å². The van der Waals surface area contributed by atoms with Crippen molar-refractivity contribution in [3.8, 4) is 5.75 Å². The molecule has 1 N–H and O–H groups in total. The van der Waals surface area contributed by atoms with E-state index < -0.39 is 5.54 Å². The first kappa shape index (κ1) is 19.5. The van der Waals surface area contributed by atoms with Gasteiger partial charge in [0, 0.05) is 18.7 Å². The predicted octanol–water partition coefficient (Wildman–Crippen LogP) is 3.93. The van der Waals surface area contributed by atoms with Gasteiger partial charge in [0.05, 0.1) is 7.11 Å². The fourth-order valence-corrected chi connectivity index (χ4v) is 3.93. The number of ether oxygens (including phenoxy) is 1. The van der Waals surface area contributed by atoms with Crippen molar-refractivity contribution in [2.24, 2.45) is 0 Å². The summed E-state index contributed by atoms with van der Waals surface area (Å²) in [6.07, 6.45) is 9.20. The summed E-state index contributed by atoms with van der Waals surface area (Å²) in [5.74, 6) is 0.794. The standard InChI is InChI=1S/C22H30N2O3/c1-3-20(25)24(16-17-10-12-19(27-2)13-11-17)22(14-7-15-22)21(26)23-18-8-5-4-6-9-18/h8,10-13H,3-7,9,14-16H2,1-2H3,(H,23,26). The van der Waals surface area contributed by atoms with Crippen LogP contribution in [0, 0.1) is 0 Å². The quantitative estimate of drug-likeness (QED) is 0.791. The number of nitrogens with one attached hydrogen (secondary N) is 1. The molecule has 0 heterocycles. The minimum atomic E-state index is -0.717. The summed E-state index contributed by atoms with van der Waals surface area (Å²) < 4.78 is 5.21. The van der Waals surface area contributed by atoms with Crippen molar-refractivity contribution in [1.29, 1.82) is 0 Å². The summed E-state index contributed by atoms with van der Waals surface area (Å²) in [5.41, 5.74) is 1.31. The minimum absolute atomic E-state index is 0.0165. The molecule has 0 spiro atoms. The molecule has 0 radical (unpaired) electrons. The number of carbonyl (C=O) groups is 2. The van der Waals surface area contributed by atoms with E-state index in [1.54, 1.807) is 12.0 Å². The van der Waals surface area contributed by atoms with Crippen LogP contribution in [0.2, 0.25) is 0 Å². The van der Waals surface area contributed by atoms with E-state index in [2.05, 4.69) is 11.4 Å². The van der Waals surface area contributed by atoms with Gasteiger partial charge in [-0.3, -0.25) is 9.59 Å². The second-order valence-electron chi connectivity index (χ2n) is 7.50. The molecule has 2 amide bonds. The van der Waals surface area contributed by atoms with Gasteiger partial charge in [0.1, 0.15) is 11.3 Å². The Labute approximate surface area is 161 Å². The highest BCUT2D eigenvalue weighted by atomic mass is 16.5. The van der Waals surface area contributed by atoms with E-state index in [-0.39, 0.29) is 11.8 Å². The Morgan fingerprint density at radius 2 is 1.89 bits per heavy atom. The molecule has 2 aliphatic rings. The SMILES string of the molecule is CCC(=O)N(Cc1ccc(OC)cc1)C1(C(=O)NC2=CCCCC2)CCC1. The lowest BCUT2D eigenvalue weighted by molar-refractivity contribution is -0.154. The summed E-state index contributed by atoms with van der Waals surface area (Å²) in [5, 5.41) is 3.13. The summed E-state index contributed by atoms with van der Waals surface area (Å²) in [7, 11) is 1.63. The normalized spacial score (nSPS) is 18.1. The number of carbonyl (C=O) groups excluding carboxylic acids is 2. The van der Waals surface area contributed by atoms with Crippen LogP contribution in [0.5, 0.6) is 5.75 Å². The topological polar surface area (TPSA) is 58.6 Å². The van der Waals surface area contributed by atoms with Crippen molar-refractivity contribution >= 4 is 11.8 Å². The highest BCUT2D eigenvalue weighted by molar-refractivity contribution is 5.93.